The van der Waals surface area contributed by atoms with Crippen LogP contribution in [0.1, 0.15) is 20.8 Å². The third-order valence-corrected chi connectivity index (χ3v) is 2.03. The van der Waals surface area contributed by atoms with E-state index < -0.39 is 0 Å². The van der Waals surface area contributed by atoms with Crippen LogP contribution in [0.3, 0.4) is 0 Å². The SMILES string of the molecule is CC(C)(C)ONCCNc1nnc(N)s1. The van der Waals surface area contributed by atoms with Gasteiger partial charge in [0.2, 0.25) is 10.3 Å². The first kappa shape index (κ1) is 12.2. The van der Waals surface area contributed by atoms with Crippen LogP contribution in [0.5, 0.6) is 0 Å². The molecular weight excluding hydrogens is 214 g/mol. The van der Waals surface area contributed by atoms with E-state index in [2.05, 4.69) is 21.0 Å². The minimum atomic E-state index is -0.173. The van der Waals surface area contributed by atoms with Crippen LogP contribution >= 0.6 is 11.3 Å². The van der Waals surface area contributed by atoms with Crippen molar-refractivity contribution < 1.29 is 4.84 Å². The van der Waals surface area contributed by atoms with Gasteiger partial charge in [0.1, 0.15) is 0 Å². The van der Waals surface area contributed by atoms with Gasteiger partial charge in [0.05, 0.1) is 5.60 Å². The molecule has 4 N–H and O–H groups in total. The van der Waals surface area contributed by atoms with Gasteiger partial charge in [-0.25, -0.2) is 5.48 Å². The van der Waals surface area contributed by atoms with Crippen LogP contribution in [0.4, 0.5) is 10.3 Å². The molecule has 0 unspecified atom stereocenters. The van der Waals surface area contributed by atoms with Crippen molar-refractivity contribution in [1.29, 1.82) is 0 Å². The zero-order valence-corrected chi connectivity index (χ0v) is 10.0. The van der Waals surface area contributed by atoms with E-state index >= 15 is 0 Å². The number of nitrogens with two attached hydrogens (primary N) is 1. The number of nitrogen functional groups attached to an aromatic ring is 1. The van der Waals surface area contributed by atoms with Gasteiger partial charge in [-0.15, -0.1) is 10.2 Å². The molecule has 86 valence electrons. The second kappa shape index (κ2) is 5.24. The quantitative estimate of drug-likeness (QED) is 0.514. The van der Waals surface area contributed by atoms with E-state index in [-0.39, 0.29) is 5.60 Å². The number of anilines is 2. The summed E-state index contributed by atoms with van der Waals surface area (Å²) >= 11 is 1.33. The van der Waals surface area contributed by atoms with Crippen molar-refractivity contribution in [1.82, 2.24) is 15.7 Å². The topological polar surface area (TPSA) is 85.1 Å². The van der Waals surface area contributed by atoms with Crippen molar-refractivity contribution in [3.05, 3.63) is 0 Å². The normalized spacial score (nSPS) is 11.7. The lowest BCUT2D eigenvalue weighted by Crippen LogP contribution is -2.32. The van der Waals surface area contributed by atoms with Crippen LogP contribution in [0.2, 0.25) is 0 Å². The molecule has 0 fully saturated rings. The number of nitrogens with zero attached hydrogens (tertiary/aromatic N) is 2. The minimum Gasteiger partial charge on any atom is -0.374 e. The Bertz CT molecular complexity index is 295. The standard InChI is InChI=1S/C8H17N5OS/c1-8(2,3)14-11-5-4-10-7-13-12-6(9)15-7/h11H,4-5H2,1-3H3,(H2,9,12)(H,10,13). The molecule has 15 heavy (non-hydrogen) atoms. The molecule has 0 bridgehead atoms. The van der Waals surface area contributed by atoms with Crippen LogP contribution < -0.4 is 16.5 Å². The van der Waals surface area contributed by atoms with Crippen molar-refractivity contribution in [3.63, 3.8) is 0 Å². The maximum atomic E-state index is 5.43. The van der Waals surface area contributed by atoms with Gasteiger partial charge in [0.15, 0.2) is 0 Å². The molecule has 0 aliphatic carbocycles. The molecule has 1 aromatic heterocycles. The van der Waals surface area contributed by atoms with Crippen LogP contribution in [0.15, 0.2) is 0 Å². The van der Waals surface area contributed by atoms with Crippen molar-refractivity contribution in [2.24, 2.45) is 0 Å². The average Bonchev–Trinajstić information content (AvgIpc) is 2.49. The number of nitrogens with one attached hydrogen (secondary N) is 2. The van der Waals surface area contributed by atoms with E-state index in [4.69, 9.17) is 10.6 Å². The Kier molecular flexibility index (Phi) is 4.25. The number of hydrogen-bond acceptors (Lipinski definition) is 7. The molecular formula is C8H17N5OS. The summed E-state index contributed by atoms with van der Waals surface area (Å²) in [4.78, 5) is 5.33. The summed E-state index contributed by atoms with van der Waals surface area (Å²) in [6.07, 6.45) is 0. The highest BCUT2D eigenvalue weighted by molar-refractivity contribution is 7.18. The predicted octanol–water partition coefficient (Wildman–Crippen LogP) is 0.852. The molecule has 1 rings (SSSR count). The number of aromatic nitrogens is 2. The Balaban J connectivity index is 2.07. The molecule has 0 atom stereocenters. The van der Waals surface area contributed by atoms with E-state index in [1.54, 1.807) is 0 Å². The van der Waals surface area contributed by atoms with Crippen molar-refractivity contribution in [3.8, 4) is 0 Å². The maximum absolute atomic E-state index is 5.43. The van der Waals surface area contributed by atoms with E-state index in [1.165, 1.54) is 11.3 Å². The maximum Gasteiger partial charge on any atom is 0.207 e. The Morgan fingerprint density at radius 1 is 1.33 bits per heavy atom. The van der Waals surface area contributed by atoms with Crippen molar-refractivity contribution in [2.75, 3.05) is 24.1 Å². The molecule has 0 aliphatic rings. The molecule has 7 heteroatoms. The summed E-state index contributed by atoms with van der Waals surface area (Å²) in [5.41, 5.74) is 8.12. The lowest BCUT2D eigenvalue weighted by molar-refractivity contribution is -0.0706. The molecule has 0 amide bonds. The van der Waals surface area contributed by atoms with Crippen molar-refractivity contribution in [2.45, 2.75) is 26.4 Å². The molecule has 0 spiro atoms. The van der Waals surface area contributed by atoms with Crippen molar-refractivity contribution >= 4 is 21.6 Å². The molecule has 0 saturated heterocycles. The predicted molar refractivity (Wildman–Crippen MR) is 61.7 cm³/mol. The summed E-state index contributed by atoms with van der Waals surface area (Å²) in [5.74, 6) is 0. The minimum absolute atomic E-state index is 0.173. The van der Waals surface area contributed by atoms with Gasteiger partial charge in [0, 0.05) is 13.1 Å². The fourth-order valence-corrected chi connectivity index (χ4v) is 1.33. The second-order valence-electron chi connectivity index (χ2n) is 3.98. The molecule has 0 saturated carbocycles. The summed E-state index contributed by atoms with van der Waals surface area (Å²) in [5, 5.41) is 11.8. The van der Waals surface area contributed by atoms with Gasteiger partial charge in [0.25, 0.3) is 0 Å². The number of rotatable bonds is 5. The highest BCUT2D eigenvalue weighted by atomic mass is 32.1. The summed E-state index contributed by atoms with van der Waals surface area (Å²) in [7, 11) is 0. The van der Waals surface area contributed by atoms with E-state index in [0.717, 1.165) is 5.13 Å². The summed E-state index contributed by atoms with van der Waals surface area (Å²) in [6, 6.07) is 0. The molecule has 0 aliphatic heterocycles. The highest BCUT2D eigenvalue weighted by Gasteiger charge is 2.09. The van der Waals surface area contributed by atoms with Gasteiger partial charge < -0.3 is 11.1 Å². The van der Waals surface area contributed by atoms with Gasteiger partial charge >= 0.3 is 0 Å². The lowest BCUT2D eigenvalue weighted by Gasteiger charge is -2.19. The van der Waals surface area contributed by atoms with Crippen LogP contribution in [-0.2, 0) is 4.84 Å². The zero-order chi connectivity index (χ0) is 11.3. The van der Waals surface area contributed by atoms with E-state index in [1.807, 2.05) is 20.8 Å². The Morgan fingerprint density at radius 3 is 2.60 bits per heavy atom. The molecule has 1 aromatic rings. The van der Waals surface area contributed by atoms with Crippen LogP contribution in [-0.4, -0.2) is 28.9 Å². The van der Waals surface area contributed by atoms with Crippen LogP contribution in [0, 0.1) is 0 Å². The Morgan fingerprint density at radius 2 is 2.07 bits per heavy atom. The third-order valence-electron chi connectivity index (χ3n) is 1.32. The van der Waals surface area contributed by atoms with Gasteiger partial charge in [-0.3, -0.25) is 4.84 Å². The number of hydroxylamine groups is 1. The van der Waals surface area contributed by atoms with E-state index in [9.17, 15) is 0 Å². The molecule has 1 heterocycles. The average molecular weight is 231 g/mol. The first-order valence-corrected chi connectivity index (χ1v) is 5.53. The zero-order valence-electron chi connectivity index (χ0n) is 9.20. The smallest absolute Gasteiger partial charge is 0.207 e. The summed E-state index contributed by atoms with van der Waals surface area (Å²) in [6.45, 7) is 7.36. The lowest BCUT2D eigenvalue weighted by atomic mass is 10.2. The molecule has 0 aromatic carbocycles. The second-order valence-corrected chi connectivity index (χ2v) is 4.99. The summed E-state index contributed by atoms with van der Waals surface area (Å²) < 4.78 is 0. The third kappa shape index (κ3) is 5.50. The van der Waals surface area contributed by atoms with Gasteiger partial charge in [-0.05, 0) is 20.8 Å². The van der Waals surface area contributed by atoms with Gasteiger partial charge in [-0.2, -0.15) is 0 Å². The van der Waals surface area contributed by atoms with Gasteiger partial charge in [-0.1, -0.05) is 11.3 Å². The largest absolute Gasteiger partial charge is 0.374 e. The Labute approximate surface area is 93.2 Å². The highest BCUT2D eigenvalue weighted by Crippen LogP contribution is 2.15. The fraction of sp³-hybridized carbons (Fsp3) is 0.750. The number of hydrogen-bond donors (Lipinski definition) is 3. The molecule has 0 radical (unpaired) electrons. The van der Waals surface area contributed by atoms with E-state index in [0.29, 0.717) is 18.2 Å². The first-order chi connectivity index (χ1) is 6.97. The van der Waals surface area contributed by atoms with Crippen LogP contribution in [0.25, 0.3) is 0 Å². The Hall–Kier alpha value is -0.920. The monoisotopic (exact) mass is 231 g/mol. The molecule has 6 nitrogen and oxygen atoms in total. The first-order valence-electron chi connectivity index (χ1n) is 4.71. The fourth-order valence-electron chi connectivity index (χ4n) is 0.794.